The molecule has 1 amide bonds. The van der Waals surface area contributed by atoms with Crippen LogP contribution in [0.5, 0.6) is 0 Å². The average Bonchev–Trinajstić information content (AvgIpc) is 2.77. The van der Waals surface area contributed by atoms with Crippen LogP contribution in [0.1, 0.15) is 49.4 Å². The third-order valence-corrected chi connectivity index (χ3v) is 6.25. The minimum atomic E-state index is -1.10. The molecule has 2 aromatic rings. The van der Waals surface area contributed by atoms with Crippen LogP contribution in [0.25, 0.3) is 0 Å². The number of carbonyl (C=O) groups is 2. The zero-order chi connectivity index (χ0) is 23.1. The van der Waals surface area contributed by atoms with E-state index in [2.05, 4.69) is 10.2 Å². The largest absolute Gasteiger partial charge is 0.389 e. The first-order valence-electron chi connectivity index (χ1n) is 11.1. The summed E-state index contributed by atoms with van der Waals surface area (Å²) in [5, 5.41) is 14.0. The van der Waals surface area contributed by atoms with Crippen LogP contribution in [0.15, 0.2) is 48.5 Å². The van der Waals surface area contributed by atoms with Crippen molar-refractivity contribution in [1.29, 1.82) is 0 Å². The topological polar surface area (TPSA) is 69.6 Å². The predicted octanol–water partition coefficient (Wildman–Crippen LogP) is 4.42. The number of hydrogen-bond donors (Lipinski definition) is 2. The van der Waals surface area contributed by atoms with E-state index in [0.29, 0.717) is 56.4 Å². The van der Waals surface area contributed by atoms with Crippen molar-refractivity contribution in [3.05, 3.63) is 65.7 Å². The van der Waals surface area contributed by atoms with Gasteiger partial charge in [0.2, 0.25) is 5.91 Å². The molecule has 1 atom stereocenters. The number of nitrogens with zero attached hydrogens (tertiary/aromatic N) is 1. The minimum Gasteiger partial charge on any atom is -0.389 e. The van der Waals surface area contributed by atoms with Gasteiger partial charge >= 0.3 is 0 Å². The van der Waals surface area contributed by atoms with Gasteiger partial charge in [-0.3, -0.25) is 9.59 Å². The van der Waals surface area contributed by atoms with Gasteiger partial charge in [-0.25, -0.2) is 8.78 Å². The Balaban J connectivity index is 1.46. The number of Topliss-reactive ketones (excluding diaryl/α,β-unsaturated/α-hetero) is 1. The molecule has 0 radical (unpaired) electrons. The average molecular weight is 445 g/mol. The summed E-state index contributed by atoms with van der Waals surface area (Å²) in [6, 6.07) is 11.1. The molecule has 172 valence electrons. The lowest BCUT2D eigenvalue weighted by molar-refractivity contribution is -0.134. The van der Waals surface area contributed by atoms with Gasteiger partial charge in [-0.15, -0.1) is 0 Å². The van der Waals surface area contributed by atoms with Crippen LogP contribution in [-0.2, 0) is 4.79 Å². The molecule has 1 heterocycles. The van der Waals surface area contributed by atoms with Gasteiger partial charge in [-0.2, -0.15) is 0 Å². The number of piperidine rings is 1. The van der Waals surface area contributed by atoms with E-state index in [-0.39, 0.29) is 23.3 Å². The van der Waals surface area contributed by atoms with Crippen LogP contribution in [0.3, 0.4) is 0 Å². The molecule has 32 heavy (non-hydrogen) atoms. The third-order valence-electron chi connectivity index (χ3n) is 6.25. The quantitative estimate of drug-likeness (QED) is 0.562. The first kappa shape index (κ1) is 24.0. The smallest absolute Gasteiger partial charge is 0.230 e. The second-order valence-corrected chi connectivity index (χ2v) is 8.44. The van der Waals surface area contributed by atoms with Gasteiger partial charge < -0.3 is 15.3 Å². The second kappa shape index (κ2) is 10.8. The standard InChI is InChI=1S/C25H30F2N2O3/c1-2-22(24(31)28-21-11-9-20(27)10-12-21)25(32)13-16-29(17-14-25)15-3-4-23(30)18-5-7-19(26)8-6-18/h5-12,22,32H,2-4,13-17H2,1H3,(H,28,31). The molecule has 0 aromatic heterocycles. The summed E-state index contributed by atoms with van der Waals surface area (Å²) >= 11 is 0. The number of hydrogen-bond acceptors (Lipinski definition) is 4. The van der Waals surface area contributed by atoms with Crippen molar-refractivity contribution in [1.82, 2.24) is 4.90 Å². The van der Waals surface area contributed by atoms with E-state index in [0.717, 1.165) is 6.54 Å². The molecule has 1 unspecified atom stereocenters. The molecular weight excluding hydrogens is 414 g/mol. The van der Waals surface area contributed by atoms with E-state index in [1.165, 1.54) is 48.5 Å². The molecule has 7 heteroatoms. The molecule has 1 aliphatic heterocycles. The monoisotopic (exact) mass is 444 g/mol. The molecule has 0 aliphatic carbocycles. The molecule has 1 fully saturated rings. The van der Waals surface area contributed by atoms with Crippen molar-refractivity contribution in [3.63, 3.8) is 0 Å². The van der Waals surface area contributed by atoms with Crippen LogP contribution in [0.2, 0.25) is 0 Å². The summed E-state index contributed by atoms with van der Waals surface area (Å²) in [5.41, 5.74) is -0.0849. The maximum Gasteiger partial charge on any atom is 0.230 e. The zero-order valence-corrected chi connectivity index (χ0v) is 18.3. The van der Waals surface area contributed by atoms with Crippen molar-refractivity contribution >= 4 is 17.4 Å². The lowest BCUT2D eigenvalue weighted by Gasteiger charge is -2.42. The Labute approximate surface area is 187 Å². The number of ketones is 1. The highest BCUT2D eigenvalue weighted by molar-refractivity contribution is 5.96. The summed E-state index contributed by atoms with van der Waals surface area (Å²) in [5.74, 6) is -1.57. The molecular formula is C25H30F2N2O3. The summed E-state index contributed by atoms with van der Waals surface area (Å²) in [7, 11) is 0. The van der Waals surface area contributed by atoms with Gasteiger partial charge in [-0.05, 0) is 80.8 Å². The third kappa shape index (κ3) is 6.20. The van der Waals surface area contributed by atoms with Gasteiger partial charge in [-0.1, -0.05) is 6.92 Å². The Morgan fingerprint density at radius 3 is 2.16 bits per heavy atom. The van der Waals surface area contributed by atoms with Gasteiger partial charge in [0.25, 0.3) is 0 Å². The molecule has 2 aromatic carbocycles. The fourth-order valence-electron chi connectivity index (χ4n) is 4.33. The predicted molar refractivity (Wildman–Crippen MR) is 119 cm³/mol. The van der Waals surface area contributed by atoms with Crippen molar-refractivity contribution < 1.29 is 23.5 Å². The Morgan fingerprint density at radius 1 is 1.03 bits per heavy atom. The minimum absolute atomic E-state index is 0.0120. The SMILES string of the molecule is CCC(C(=O)Nc1ccc(F)cc1)C1(O)CCN(CCCC(=O)c2ccc(F)cc2)CC1. The summed E-state index contributed by atoms with van der Waals surface area (Å²) < 4.78 is 26.1. The molecule has 3 rings (SSSR count). The fraction of sp³-hybridized carbons (Fsp3) is 0.440. The number of nitrogens with one attached hydrogen (secondary N) is 1. The van der Waals surface area contributed by atoms with E-state index in [4.69, 9.17) is 0 Å². The normalized spacial score (nSPS) is 17.0. The van der Waals surface area contributed by atoms with Crippen molar-refractivity contribution in [2.45, 2.75) is 44.6 Å². The van der Waals surface area contributed by atoms with Crippen molar-refractivity contribution in [2.24, 2.45) is 5.92 Å². The molecule has 0 bridgehead atoms. The van der Waals surface area contributed by atoms with Crippen molar-refractivity contribution in [3.8, 4) is 0 Å². The molecule has 5 nitrogen and oxygen atoms in total. The molecule has 1 saturated heterocycles. The number of anilines is 1. The van der Waals surface area contributed by atoms with Crippen LogP contribution in [0, 0.1) is 17.6 Å². The highest BCUT2D eigenvalue weighted by Gasteiger charge is 2.42. The maximum atomic E-state index is 13.1. The summed E-state index contributed by atoms with van der Waals surface area (Å²) in [6.07, 6.45) is 2.49. The van der Waals surface area contributed by atoms with E-state index in [1.54, 1.807) is 0 Å². The molecule has 0 spiro atoms. The van der Waals surface area contributed by atoms with Gasteiger partial charge in [0, 0.05) is 30.8 Å². The molecule has 1 aliphatic rings. The Hall–Kier alpha value is -2.64. The number of carbonyl (C=O) groups excluding carboxylic acids is 2. The van der Waals surface area contributed by atoms with E-state index in [1.807, 2.05) is 6.92 Å². The first-order chi connectivity index (χ1) is 15.3. The summed E-state index contributed by atoms with van der Waals surface area (Å²) in [6.45, 7) is 3.88. The highest BCUT2D eigenvalue weighted by atomic mass is 19.1. The zero-order valence-electron chi connectivity index (χ0n) is 18.3. The Kier molecular flexibility index (Phi) is 8.10. The van der Waals surface area contributed by atoms with E-state index in [9.17, 15) is 23.5 Å². The van der Waals surface area contributed by atoms with Crippen molar-refractivity contribution in [2.75, 3.05) is 25.0 Å². The number of aliphatic hydroxyl groups is 1. The van der Waals surface area contributed by atoms with Gasteiger partial charge in [0.15, 0.2) is 5.78 Å². The number of rotatable bonds is 9. The first-order valence-corrected chi connectivity index (χ1v) is 11.1. The number of halogens is 2. The van der Waals surface area contributed by atoms with E-state index < -0.39 is 11.5 Å². The van der Waals surface area contributed by atoms with Crippen LogP contribution in [0.4, 0.5) is 14.5 Å². The van der Waals surface area contributed by atoms with Gasteiger partial charge in [0.1, 0.15) is 11.6 Å². The molecule has 2 N–H and O–H groups in total. The second-order valence-electron chi connectivity index (χ2n) is 8.44. The lowest BCUT2D eigenvalue weighted by Crippen LogP contribution is -2.52. The highest BCUT2D eigenvalue weighted by Crippen LogP contribution is 2.33. The Bertz CT molecular complexity index is 908. The lowest BCUT2D eigenvalue weighted by atomic mass is 9.77. The maximum absolute atomic E-state index is 13.1. The van der Waals surface area contributed by atoms with Crippen LogP contribution in [-0.4, -0.2) is 46.9 Å². The van der Waals surface area contributed by atoms with Crippen LogP contribution < -0.4 is 5.32 Å². The molecule has 0 saturated carbocycles. The number of benzene rings is 2. The van der Waals surface area contributed by atoms with E-state index >= 15 is 0 Å². The number of likely N-dealkylation sites (tertiary alicyclic amines) is 1. The van der Waals surface area contributed by atoms with Gasteiger partial charge in [0.05, 0.1) is 11.5 Å². The van der Waals surface area contributed by atoms with Crippen LogP contribution >= 0.6 is 0 Å². The Morgan fingerprint density at radius 2 is 1.59 bits per heavy atom. The summed E-state index contributed by atoms with van der Waals surface area (Å²) in [4.78, 5) is 27.2. The fourth-order valence-corrected chi connectivity index (χ4v) is 4.33. The number of amides is 1.